The average Bonchev–Trinajstić information content (AvgIpc) is 3.19. The van der Waals surface area contributed by atoms with Crippen molar-refractivity contribution in [3.8, 4) is 0 Å². The second-order valence-electron chi connectivity index (χ2n) is 7.21. The van der Waals surface area contributed by atoms with Crippen molar-refractivity contribution in [3.63, 3.8) is 0 Å². The van der Waals surface area contributed by atoms with Crippen LogP contribution in [0.4, 0.5) is 0 Å². The quantitative estimate of drug-likeness (QED) is 0.204. The zero-order valence-corrected chi connectivity index (χ0v) is 27.1. The number of fused-ring (bicyclic) bond motifs is 2. The summed E-state index contributed by atoms with van der Waals surface area (Å²) in [7, 11) is 0. The van der Waals surface area contributed by atoms with Gasteiger partial charge in [-0.2, -0.15) is 24.3 Å². The van der Waals surface area contributed by atoms with Crippen LogP contribution < -0.4 is 24.8 Å². The summed E-state index contributed by atoms with van der Waals surface area (Å²) in [5.74, 6) is 0. The summed E-state index contributed by atoms with van der Waals surface area (Å²) in [6.07, 6.45) is 0. The zero-order valence-electron chi connectivity index (χ0n) is 18.7. The van der Waals surface area contributed by atoms with Gasteiger partial charge < -0.3 is 24.8 Å². The van der Waals surface area contributed by atoms with Crippen molar-refractivity contribution in [2.75, 3.05) is 0 Å². The smallest absolute Gasteiger partial charge is 0.0748 e. The van der Waals surface area contributed by atoms with E-state index in [9.17, 15) is 0 Å². The van der Waals surface area contributed by atoms with Crippen molar-refractivity contribution in [1.82, 2.24) is 0 Å². The van der Waals surface area contributed by atoms with Crippen LogP contribution in [0.25, 0.3) is 21.5 Å². The van der Waals surface area contributed by atoms with E-state index in [-0.39, 0.29) is 35.7 Å². The van der Waals surface area contributed by atoms with E-state index in [0.29, 0.717) is 0 Å². The topological polar surface area (TPSA) is 0 Å². The number of hydrogen-bond donors (Lipinski definition) is 0. The molecule has 0 nitrogen and oxygen atoms in total. The fourth-order valence-corrected chi connectivity index (χ4v) is 2.61. The summed E-state index contributed by atoms with van der Waals surface area (Å²) in [5.41, 5.74) is 3.16. The Balaban J connectivity index is 0. The van der Waals surface area contributed by atoms with Crippen LogP contribution in [0.1, 0.15) is 11.1 Å². The van der Waals surface area contributed by atoms with Crippen molar-refractivity contribution in [3.05, 3.63) is 83.9 Å². The molecule has 4 rings (SSSR count). The number of rotatable bonds is 0. The van der Waals surface area contributed by atoms with E-state index >= 15 is 0 Å². The van der Waals surface area contributed by atoms with Crippen LogP contribution >= 0.6 is 0 Å². The molecule has 0 atom stereocenters. The minimum atomic E-state index is 0. The van der Waals surface area contributed by atoms with Gasteiger partial charge in [-0.3, -0.25) is 0 Å². The maximum atomic E-state index is 2.31. The molecule has 4 aromatic rings. The molecule has 0 saturated heterocycles. The Kier molecular flexibility index (Phi) is 19.5. The first-order chi connectivity index (χ1) is 13.2. The Labute approximate surface area is 225 Å². The second-order valence-corrected chi connectivity index (χ2v) is 26.0. The third-order valence-corrected chi connectivity index (χ3v) is 3.80. The Bertz CT molecular complexity index is 944. The van der Waals surface area contributed by atoms with E-state index in [1.807, 2.05) is 0 Å². The minimum absolute atomic E-state index is 0. The second kappa shape index (κ2) is 17.9. The Morgan fingerprint density at radius 3 is 1.10 bits per heavy atom. The molecule has 0 heterocycles. The van der Waals surface area contributed by atoms with Gasteiger partial charge in [-0.25, -0.2) is 0 Å². The van der Waals surface area contributed by atoms with Gasteiger partial charge in [0, 0.05) is 0 Å². The van der Waals surface area contributed by atoms with E-state index in [1.165, 1.54) is 32.7 Å². The molecule has 0 aliphatic rings. The first kappa shape index (κ1) is 32.6. The molecular formula is C24H30Cl2Si2Zr2-4. The van der Waals surface area contributed by atoms with Gasteiger partial charge >= 0.3 is 83.7 Å². The van der Waals surface area contributed by atoms with E-state index in [1.54, 1.807) is 46.7 Å². The summed E-state index contributed by atoms with van der Waals surface area (Å²) < 4.78 is 0. The fraction of sp³-hybridized carbons (Fsp3) is 0.250. The van der Waals surface area contributed by atoms with Crippen molar-refractivity contribution in [1.29, 1.82) is 0 Å². The third-order valence-electron chi connectivity index (χ3n) is 3.80. The van der Waals surface area contributed by atoms with E-state index in [4.69, 9.17) is 0 Å². The van der Waals surface area contributed by atoms with E-state index in [2.05, 4.69) is 113 Å². The molecule has 0 amide bonds. The molecule has 0 bridgehead atoms. The van der Waals surface area contributed by atoms with Crippen LogP contribution in [0, 0.1) is 13.8 Å². The predicted octanol–water partition coefficient (Wildman–Crippen LogP) is 1.31. The fourth-order valence-electron chi connectivity index (χ4n) is 2.61. The normalized spacial score (nSPS) is 8.67. The molecule has 4 aromatic carbocycles. The third kappa shape index (κ3) is 13.1. The van der Waals surface area contributed by atoms with Gasteiger partial charge in [0.25, 0.3) is 0 Å². The molecule has 0 unspecified atom stereocenters. The number of hydrogen-bond acceptors (Lipinski definition) is 0. The number of benzene rings is 2. The SMILES string of the molecule is C[Si](C)=[Zr].C[Si](C)=[Zr].C[c-]1ccc2ccccc21.C[c-]1ccc2ccccc21.[Cl-].[Cl-]. The van der Waals surface area contributed by atoms with Crippen molar-refractivity contribution >= 4 is 32.4 Å². The molecule has 0 fully saturated rings. The standard InChI is InChI=1S/2C10H9.2C2H6Si.2ClH.2Zr/c2*1-8-6-7-9-4-2-3-5-10(8)9;2*1-3-2;;;;/h2*2-7H,1H3;2*1-2H3;2*1H;;/q2*-1;;;;;;/p-2. The largest absolute Gasteiger partial charge is 1.00 e. The average molecular weight is 628 g/mol. The van der Waals surface area contributed by atoms with Crippen LogP contribution in [0.5, 0.6) is 0 Å². The first-order valence-electron chi connectivity index (χ1n) is 9.48. The monoisotopic (exact) mass is 624 g/mol. The summed E-state index contributed by atoms with van der Waals surface area (Å²) in [6, 6.07) is 25.5. The first-order valence-corrected chi connectivity index (χ1v) is 21.9. The van der Waals surface area contributed by atoms with Crippen LogP contribution in [-0.2, 0) is 46.7 Å². The number of halogens is 2. The van der Waals surface area contributed by atoms with Gasteiger partial charge in [-0.05, 0) is 0 Å². The summed E-state index contributed by atoms with van der Waals surface area (Å²) >= 11 is 3.48. The Morgan fingerprint density at radius 2 is 0.833 bits per heavy atom. The molecule has 0 aliphatic carbocycles. The Morgan fingerprint density at radius 1 is 0.567 bits per heavy atom. The maximum Gasteiger partial charge on any atom is -0.0748 e. The van der Waals surface area contributed by atoms with Gasteiger partial charge in [0.05, 0.1) is 0 Å². The molecule has 0 aromatic heterocycles. The van der Waals surface area contributed by atoms with Crippen LogP contribution in [0.2, 0.25) is 26.2 Å². The van der Waals surface area contributed by atoms with Gasteiger partial charge in [-0.15, -0.1) is 69.1 Å². The van der Waals surface area contributed by atoms with Gasteiger partial charge in [-0.1, -0.05) is 26.0 Å². The number of aryl methyl sites for hydroxylation is 2. The predicted molar refractivity (Wildman–Crippen MR) is 124 cm³/mol. The van der Waals surface area contributed by atoms with Gasteiger partial charge in [0.1, 0.15) is 0 Å². The van der Waals surface area contributed by atoms with Crippen LogP contribution in [-0.4, -0.2) is 10.9 Å². The molecular weight excluding hydrogens is 598 g/mol. The van der Waals surface area contributed by atoms with Crippen molar-refractivity contribution < 1.29 is 71.5 Å². The molecule has 0 aliphatic heterocycles. The molecule has 0 saturated carbocycles. The van der Waals surface area contributed by atoms with Crippen LogP contribution in [0.3, 0.4) is 0 Å². The maximum absolute atomic E-state index is 2.31. The van der Waals surface area contributed by atoms with E-state index < -0.39 is 0 Å². The zero-order chi connectivity index (χ0) is 21.1. The molecule has 0 spiro atoms. The van der Waals surface area contributed by atoms with Crippen molar-refractivity contribution in [2.45, 2.75) is 40.0 Å². The van der Waals surface area contributed by atoms with Gasteiger partial charge in [0.15, 0.2) is 0 Å². The Hall–Kier alpha value is 0.440. The van der Waals surface area contributed by atoms with E-state index in [0.717, 1.165) is 0 Å². The summed E-state index contributed by atoms with van der Waals surface area (Å²) in [5, 5.41) is 5.45. The van der Waals surface area contributed by atoms with Gasteiger partial charge in [0.2, 0.25) is 0 Å². The molecule has 6 heteroatoms. The molecule has 0 N–H and O–H groups in total. The molecule has 0 radical (unpaired) electrons. The molecule has 30 heavy (non-hydrogen) atoms. The summed E-state index contributed by atoms with van der Waals surface area (Å²) in [4.78, 5) is 0. The van der Waals surface area contributed by atoms with Crippen LogP contribution in [0.15, 0.2) is 72.8 Å². The molecule has 160 valence electrons. The summed E-state index contributed by atoms with van der Waals surface area (Å²) in [6.45, 7) is 13.5. The minimum Gasteiger partial charge on any atom is -1.00 e. The van der Waals surface area contributed by atoms with Crippen molar-refractivity contribution in [2.24, 2.45) is 0 Å².